The van der Waals surface area contributed by atoms with Crippen LogP contribution in [-0.4, -0.2) is 40.3 Å². The maximum atomic E-state index is 12.1. The average Bonchev–Trinajstić information content (AvgIpc) is 2.97. The summed E-state index contributed by atoms with van der Waals surface area (Å²) in [4.78, 5) is 16.4. The third-order valence-corrected chi connectivity index (χ3v) is 3.26. The van der Waals surface area contributed by atoms with E-state index in [2.05, 4.69) is 20.7 Å². The first-order valence-corrected chi connectivity index (χ1v) is 7.12. The molecule has 0 aliphatic carbocycles. The van der Waals surface area contributed by atoms with E-state index < -0.39 is 0 Å². The van der Waals surface area contributed by atoms with Crippen LogP contribution in [0.5, 0.6) is 0 Å². The summed E-state index contributed by atoms with van der Waals surface area (Å²) < 4.78 is 1.72. The number of amides is 1. The molecule has 0 fully saturated rings. The van der Waals surface area contributed by atoms with E-state index in [-0.39, 0.29) is 30.2 Å². The van der Waals surface area contributed by atoms with Crippen molar-refractivity contribution in [2.75, 3.05) is 13.6 Å². The minimum Gasteiger partial charge on any atom is -0.348 e. The molecule has 0 saturated heterocycles. The molecule has 2 aromatic rings. The van der Waals surface area contributed by atoms with Crippen molar-refractivity contribution in [2.24, 2.45) is 0 Å². The Morgan fingerprint density at radius 1 is 1.32 bits per heavy atom. The molecule has 1 amide bonds. The van der Waals surface area contributed by atoms with Crippen LogP contribution < -0.4 is 10.6 Å². The first kappa shape index (κ1) is 18.1. The minimum absolute atomic E-state index is 0. The lowest BCUT2D eigenvalue weighted by atomic mass is 10.3. The highest BCUT2D eigenvalue weighted by molar-refractivity contribution is 5.90. The normalized spacial score (nSPS) is 11.6. The number of aryl methyl sites for hydroxylation is 1. The molecule has 2 rings (SSSR count). The zero-order valence-electron chi connectivity index (χ0n) is 13.0. The third kappa shape index (κ3) is 4.29. The van der Waals surface area contributed by atoms with Crippen molar-refractivity contribution >= 4 is 18.3 Å². The number of aromatic nitrogens is 3. The van der Waals surface area contributed by atoms with Crippen molar-refractivity contribution in [3.05, 3.63) is 42.0 Å². The topological polar surface area (TPSA) is 71.8 Å². The van der Waals surface area contributed by atoms with Gasteiger partial charge in [-0.3, -0.25) is 4.79 Å². The fourth-order valence-electron chi connectivity index (χ4n) is 1.87. The summed E-state index contributed by atoms with van der Waals surface area (Å²) in [6.07, 6.45) is 0.710. The number of hydrogen-bond acceptors (Lipinski definition) is 4. The second-order valence-corrected chi connectivity index (χ2v) is 4.85. The number of likely N-dealkylation sites (N-methyl/N-ethyl adjacent to an activating group) is 1. The van der Waals surface area contributed by atoms with Gasteiger partial charge < -0.3 is 10.6 Å². The molecule has 6 nitrogen and oxygen atoms in total. The van der Waals surface area contributed by atoms with Gasteiger partial charge in [-0.15, -0.1) is 17.5 Å². The van der Waals surface area contributed by atoms with E-state index in [0.29, 0.717) is 13.0 Å². The first-order valence-electron chi connectivity index (χ1n) is 7.12. The number of nitrogens with one attached hydrogen (secondary N) is 2. The van der Waals surface area contributed by atoms with Gasteiger partial charge in [0.25, 0.3) is 5.91 Å². The zero-order chi connectivity index (χ0) is 15.2. The molecular formula is C15H22ClN5O. The van der Waals surface area contributed by atoms with Gasteiger partial charge in [0.2, 0.25) is 5.82 Å². The summed E-state index contributed by atoms with van der Waals surface area (Å²) in [6, 6.07) is 9.90. The summed E-state index contributed by atoms with van der Waals surface area (Å²) in [7, 11) is 1.86. The Morgan fingerprint density at radius 2 is 2.00 bits per heavy atom. The highest BCUT2D eigenvalue weighted by Gasteiger charge is 2.16. The van der Waals surface area contributed by atoms with Crippen LogP contribution in [0.1, 0.15) is 30.3 Å². The lowest BCUT2D eigenvalue weighted by molar-refractivity contribution is 0.0940. The van der Waals surface area contributed by atoms with E-state index in [1.807, 2.05) is 51.2 Å². The SMILES string of the molecule is CCc1nc(C(=O)NCC(C)NC)nn1-c1ccccc1.Cl. The molecule has 1 aromatic carbocycles. The van der Waals surface area contributed by atoms with Crippen LogP contribution in [0.15, 0.2) is 30.3 Å². The average molecular weight is 324 g/mol. The van der Waals surface area contributed by atoms with Gasteiger partial charge in [0.05, 0.1) is 5.69 Å². The van der Waals surface area contributed by atoms with E-state index in [1.54, 1.807) is 4.68 Å². The van der Waals surface area contributed by atoms with Crippen molar-refractivity contribution in [1.82, 2.24) is 25.4 Å². The van der Waals surface area contributed by atoms with E-state index >= 15 is 0 Å². The number of nitrogens with zero attached hydrogens (tertiary/aromatic N) is 3. The standard InChI is InChI=1S/C15H21N5O.ClH/c1-4-13-18-14(15(21)17-10-11(2)16-3)19-20(13)12-8-6-5-7-9-12;/h5-9,11,16H,4,10H2,1-3H3,(H,17,21);1H. The van der Waals surface area contributed by atoms with Crippen molar-refractivity contribution in [1.29, 1.82) is 0 Å². The third-order valence-electron chi connectivity index (χ3n) is 3.26. The summed E-state index contributed by atoms with van der Waals surface area (Å²) in [5.41, 5.74) is 0.907. The smallest absolute Gasteiger partial charge is 0.291 e. The molecule has 2 N–H and O–H groups in total. The fourth-order valence-corrected chi connectivity index (χ4v) is 1.87. The van der Waals surface area contributed by atoms with Crippen LogP contribution in [0.2, 0.25) is 0 Å². The molecule has 1 heterocycles. The number of halogens is 1. The molecule has 0 spiro atoms. The van der Waals surface area contributed by atoms with Gasteiger partial charge in [0.15, 0.2) is 0 Å². The highest BCUT2D eigenvalue weighted by atomic mass is 35.5. The Balaban J connectivity index is 0.00000242. The molecule has 1 atom stereocenters. The summed E-state index contributed by atoms with van der Waals surface area (Å²) in [5.74, 6) is 0.730. The van der Waals surface area contributed by atoms with Gasteiger partial charge >= 0.3 is 0 Å². The molecule has 22 heavy (non-hydrogen) atoms. The predicted octanol–water partition coefficient (Wildman–Crippen LogP) is 1.59. The number of rotatable bonds is 6. The highest BCUT2D eigenvalue weighted by Crippen LogP contribution is 2.10. The molecule has 1 unspecified atom stereocenters. The molecule has 0 aliphatic rings. The summed E-state index contributed by atoms with van der Waals surface area (Å²) in [5, 5.41) is 10.2. The molecule has 1 aromatic heterocycles. The van der Waals surface area contributed by atoms with Crippen LogP contribution in [-0.2, 0) is 6.42 Å². The lowest BCUT2D eigenvalue weighted by Crippen LogP contribution is -2.37. The van der Waals surface area contributed by atoms with Crippen LogP contribution >= 0.6 is 12.4 Å². The lowest BCUT2D eigenvalue weighted by Gasteiger charge is -2.09. The molecule has 7 heteroatoms. The molecule has 0 saturated carbocycles. The van der Waals surface area contributed by atoms with Crippen molar-refractivity contribution < 1.29 is 4.79 Å². The minimum atomic E-state index is -0.249. The van der Waals surface area contributed by atoms with Gasteiger partial charge in [-0.05, 0) is 26.1 Å². The molecule has 0 radical (unpaired) electrons. The quantitative estimate of drug-likeness (QED) is 0.847. The van der Waals surface area contributed by atoms with E-state index in [4.69, 9.17) is 0 Å². The molecule has 120 valence electrons. The Bertz CT molecular complexity index is 599. The van der Waals surface area contributed by atoms with Crippen molar-refractivity contribution in [3.63, 3.8) is 0 Å². The maximum Gasteiger partial charge on any atom is 0.291 e. The van der Waals surface area contributed by atoms with Crippen molar-refractivity contribution in [2.45, 2.75) is 26.3 Å². The number of para-hydroxylation sites is 1. The van der Waals surface area contributed by atoms with E-state index in [1.165, 1.54) is 0 Å². The predicted molar refractivity (Wildman–Crippen MR) is 88.8 cm³/mol. The van der Waals surface area contributed by atoms with E-state index in [9.17, 15) is 4.79 Å². The second-order valence-electron chi connectivity index (χ2n) is 4.85. The zero-order valence-corrected chi connectivity index (χ0v) is 13.9. The summed E-state index contributed by atoms with van der Waals surface area (Å²) >= 11 is 0. The van der Waals surface area contributed by atoms with Crippen LogP contribution in [0.3, 0.4) is 0 Å². The Labute approximate surface area is 136 Å². The Kier molecular flexibility index (Phi) is 7.01. The number of hydrogen-bond donors (Lipinski definition) is 2. The summed E-state index contributed by atoms with van der Waals surface area (Å²) in [6.45, 7) is 4.53. The Morgan fingerprint density at radius 3 is 2.59 bits per heavy atom. The van der Waals surface area contributed by atoms with Crippen molar-refractivity contribution in [3.8, 4) is 5.69 Å². The second kappa shape index (κ2) is 8.51. The fraction of sp³-hybridized carbons (Fsp3) is 0.400. The van der Waals surface area contributed by atoms with Gasteiger partial charge in [0, 0.05) is 19.0 Å². The molecule has 0 aliphatic heterocycles. The van der Waals surface area contributed by atoms with E-state index in [0.717, 1.165) is 11.5 Å². The maximum absolute atomic E-state index is 12.1. The van der Waals surface area contributed by atoms with Crippen LogP contribution in [0, 0.1) is 0 Å². The molecule has 0 bridgehead atoms. The van der Waals surface area contributed by atoms with Gasteiger partial charge in [-0.25, -0.2) is 9.67 Å². The van der Waals surface area contributed by atoms with Gasteiger partial charge in [-0.2, -0.15) is 0 Å². The van der Waals surface area contributed by atoms with Gasteiger partial charge in [-0.1, -0.05) is 25.1 Å². The first-order chi connectivity index (χ1) is 10.2. The van der Waals surface area contributed by atoms with Gasteiger partial charge in [0.1, 0.15) is 5.82 Å². The largest absolute Gasteiger partial charge is 0.348 e. The van der Waals surface area contributed by atoms with Crippen LogP contribution in [0.4, 0.5) is 0 Å². The molecular weight excluding hydrogens is 302 g/mol. The number of benzene rings is 1. The number of carbonyl (C=O) groups excluding carboxylic acids is 1. The number of carbonyl (C=O) groups is 1. The monoisotopic (exact) mass is 323 g/mol. The Hall–Kier alpha value is -1.92. The van der Waals surface area contributed by atoms with Crippen LogP contribution in [0.25, 0.3) is 5.69 Å².